The molecule has 0 bridgehead atoms. The Hall–Kier alpha value is -2.60. The predicted molar refractivity (Wildman–Crippen MR) is 97.9 cm³/mol. The molecular formula is C19H15BrO5. The Balaban J connectivity index is 2.25. The molecular weight excluding hydrogens is 388 g/mol. The Morgan fingerprint density at radius 3 is 2.32 bits per heavy atom. The number of ketones is 1. The fourth-order valence-corrected chi connectivity index (χ4v) is 2.90. The third-order valence-corrected chi connectivity index (χ3v) is 4.47. The summed E-state index contributed by atoms with van der Waals surface area (Å²) in [5.41, 5.74) is 0.618. The maximum absolute atomic E-state index is 12.8. The van der Waals surface area contributed by atoms with Crippen molar-refractivity contribution in [3.8, 4) is 11.5 Å². The molecule has 0 radical (unpaired) electrons. The van der Waals surface area contributed by atoms with Gasteiger partial charge >= 0.3 is 0 Å². The van der Waals surface area contributed by atoms with Crippen molar-refractivity contribution in [2.24, 2.45) is 0 Å². The summed E-state index contributed by atoms with van der Waals surface area (Å²) in [6, 6.07) is 10.1. The van der Waals surface area contributed by atoms with Gasteiger partial charge in [0.25, 0.3) is 0 Å². The predicted octanol–water partition coefficient (Wildman–Crippen LogP) is 4.11. The van der Waals surface area contributed by atoms with E-state index >= 15 is 0 Å². The van der Waals surface area contributed by atoms with Gasteiger partial charge in [0.1, 0.15) is 11.0 Å². The molecule has 3 aromatic rings. The van der Waals surface area contributed by atoms with Crippen LogP contribution in [0, 0.1) is 6.92 Å². The van der Waals surface area contributed by atoms with Gasteiger partial charge in [0, 0.05) is 15.6 Å². The van der Waals surface area contributed by atoms with Crippen molar-refractivity contribution >= 4 is 32.7 Å². The number of rotatable bonds is 4. The largest absolute Gasteiger partial charge is 0.493 e. The summed E-state index contributed by atoms with van der Waals surface area (Å²) in [7, 11) is 2.94. The number of hydrogen-bond acceptors (Lipinski definition) is 5. The maximum atomic E-state index is 12.8. The molecule has 25 heavy (non-hydrogen) atoms. The van der Waals surface area contributed by atoms with Crippen molar-refractivity contribution in [3.63, 3.8) is 0 Å². The number of hydrogen-bond donors (Lipinski definition) is 0. The minimum Gasteiger partial charge on any atom is -0.493 e. The van der Waals surface area contributed by atoms with Gasteiger partial charge in [0.15, 0.2) is 22.7 Å². The number of carbonyl (C=O) groups excluding carboxylic acids is 1. The van der Waals surface area contributed by atoms with E-state index in [2.05, 4.69) is 15.9 Å². The molecule has 0 unspecified atom stereocenters. The van der Waals surface area contributed by atoms with Crippen molar-refractivity contribution in [3.05, 3.63) is 68.0 Å². The molecule has 6 heteroatoms. The van der Waals surface area contributed by atoms with Gasteiger partial charge in [0.2, 0.25) is 5.78 Å². The summed E-state index contributed by atoms with van der Waals surface area (Å²) >= 11 is 3.33. The quantitative estimate of drug-likeness (QED) is 0.614. The molecule has 1 heterocycles. The molecule has 0 aliphatic carbocycles. The van der Waals surface area contributed by atoms with Crippen molar-refractivity contribution in [1.82, 2.24) is 0 Å². The first-order chi connectivity index (χ1) is 12.0. The van der Waals surface area contributed by atoms with Gasteiger partial charge in [-0.2, -0.15) is 0 Å². The zero-order valence-corrected chi connectivity index (χ0v) is 15.5. The number of ether oxygens (including phenoxy) is 2. The third kappa shape index (κ3) is 2.93. The van der Waals surface area contributed by atoms with Crippen molar-refractivity contribution in [2.75, 3.05) is 14.2 Å². The fraction of sp³-hybridized carbons (Fsp3) is 0.158. The van der Waals surface area contributed by atoms with Crippen LogP contribution in [0.3, 0.4) is 0 Å². The molecule has 1 aromatic heterocycles. The minimum absolute atomic E-state index is 0.0204. The monoisotopic (exact) mass is 402 g/mol. The summed E-state index contributed by atoms with van der Waals surface area (Å²) in [6.45, 7) is 1.57. The summed E-state index contributed by atoms with van der Waals surface area (Å²) in [6.07, 6.45) is 0. The van der Waals surface area contributed by atoms with E-state index in [0.717, 1.165) is 4.47 Å². The topological polar surface area (TPSA) is 65.7 Å². The van der Waals surface area contributed by atoms with Crippen molar-refractivity contribution in [2.45, 2.75) is 6.92 Å². The molecule has 0 saturated heterocycles. The smallest absolute Gasteiger partial charge is 0.228 e. The van der Waals surface area contributed by atoms with Crippen LogP contribution in [0.2, 0.25) is 0 Å². The molecule has 3 rings (SSSR count). The summed E-state index contributed by atoms with van der Waals surface area (Å²) in [4.78, 5) is 25.6. The van der Waals surface area contributed by atoms with Crippen LogP contribution >= 0.6 is 15.9 Å². The number of halogens is 1. The Morgan fingerprint density at radius 1 is 1.04 bits per heavy atom. The first-order valence-electron chi connectivity index (χ1n) is 7.46. The highest BCUT2D eigenvalue weighted by Crippen LogP contribution is 2.34. The zero-order chi connectivity index (χ0) is 18.1. The van der Waals surface area contributed by atoms with E-state index in [0.29, 0.717) is 17.1 Å². The van der Waals surface area contributed by atoms with E-state index in [1.165, 1.54) is 14.2 Å². The van der Waals surface area contributed by atoms with E-state index < -0.39 is 0 Å². The van der Waals surface area contributed by atoms with Crippen LogP contribution in [0.4, 0.5) is 0 Å². The molecule has 0 amide bonds. The molecule has 0 saturated carbocycles. The Kier molecular flexibility index (Phi) is 4.63. The summed E-state index contributed by atoms with van der Waals surface area (Å²) in [5, 5.41) is 0.256. The maximum Gasteiger partial charge on any atom is 0.228 e. The fourth-order valence-electron chi connectivity index (χ4n) is 2.64. The number of fused-ring (bicyclic) bond motifs is 1. The van der Waals surface area contributed by atoms with Gasteiger partial charge in [-0.25, -0.2) is 0 Å². The average molecular weight is 403 g/mol. The van der Waals surface area contributed by atoms with Gasteiger partial charge < -0.3 is 13.9 Å². The number of methoxy groups -OCH3 is 2. The van der Waals surface area contributed by atoms with Crippen LogP contribution < -0.4 is 14.9 Å². The summed E-state index contributed by atoms with van der Waals surface area (Å²) < 4.78 is 17.2. The van der Waals surface area contributed by atoms with Crippen molar-refractivity contribution in [1.29, 1.82) is 0 Å². The summed E-state index contributed by atoms with van der Waals surface area (Å²) in [5.74, 6) is 0.388. The van der Waals surface area contributed by atoms with Crippen LogP contribution in [0.25, 0.3) is 11.0 Å². The lowest BCUT2D eigenvalue weighted by Gasteiger charge is -2.12. The standard InChI is InChI=1S/C19H15BrO5/c1-10-16(21)15-13(8-9-14(23-2)19(15)24-3)25-18(10)17(22)11-4-6-12(20)7-5-11/h4-9H,1-3H3. The molecule has 5 nitrogen and oxygen atoms in total. The Morgan fingerprint density at radius 2 is 1.72 bits per heavy atom. The molecule has 128 valence electrons. The van der Waals surface area contributed by atoms with Gasteiger partial charge in [-0.1, -0.05) is 15.9 Å². The van der Waals surface area contributed by atoms with E-state index in [4.69, 9.17) is 13.9 Å². The lowest BCUT2D eigenvalue weighted by atomic mass is 10.0. The number of carbonyl (C=O) groups is 1. The van der Waals surface area contributed by atoms with Crippen molar-refractivity contribution < 1.29 is 18.7 Å². The van der Waals surface area contributed by atoms with Crippen LogP contribution in [-0.4, -0.2) is 20.0 Å². The first-order valence-corrected chi connectivity index (χ1v) is 8.26. The second-order valence-corrected chi connectivity index (χ2v) is 6.31. The first kappa shape index (κ1) is 17.2. The Bertz CT molecular complexity index is 1020. The molecule has 0 N–H and O–H groups in total. The van der Waals surface area contributed by atoms with Gasteiger partial charge in [0.05, 0.1) is 14.2 Å². The third-order valence-electron chi connectivity index (χ3n) is 3.94. The second kappa shape index (κ2) is 6.72. The number of benzene rings is 2. The van der Waals surface area contributed by atoms with Crippen LogP contribution in [0.1, 0.15) is 21.7 Å². The van der Waals surface area contributed by atoms with E-state index in [-0.39, 0.29) is 33.5 Å². The molecule has 0 atom stereocenters. The SMILES string of the molecule is COc1ccc2oc(C(=O)c3ccc(Br)cc3)c(C)c(=O)c2c1OC. The van der Waals surface area contributed by atoms with E-state index in [1.807, 2.05) is 0 Å². The lowest BCUT2D eigenvalue weighted by Crippen LogP contribution is -2.14. The highest BCUT2D eigenvalue weighted by Gasteiger charge is 2.22. The molecule has 0 aliphatic rings. The van der Waals surface area contributed by atoms with Crippen LogP contribution in [0.5, 0.6) is 11.5 Å². The van der Waals surface area contributed by atoms with E-state index in [9.17, 15) is 9.59 Å². The van der Waals surface area contributed by atoms with Gasteiger partial charge in [-0.05, 0) is 43.3 Å². The zero-order valence-electron chi connectivity index (χ0n) is 13.9. The average Bonchev–Trinajstić information content (AvgIpc) is 2.63. The van der Waals surface area contributed by atoms with Gasteiger partial charge in [-0.3, -0.25) is 9.59 Å². The molecule has 2 aromatic carbocycles. The minimum atomic E-state index is -0.348. The van der Waals surface area contributed by atoms with Crippen LogP contribution in [-0.2, 0) is 0 Å². The second-order valence-electron chi connectivity index (χ2n) is 5.40. The highest BCUT2D eigenvalue weighted by atomic mass is 79.9. The molecule has 0 aliphatic heterocycles. The van der Waals surface area contributed by atoms with Gasteiger partial charge in [-0.15, -0.1) is 0 Å². The highest BCUT2D eigenvalue weighted by molar-refractivity contribution is 9.10. The van der Waals surface area contributed by atoms with E-state index in [1.54, 1.807) is 43.3 Å². The molecule has 0 spiro atoms. The molecule has 0 fully saturated rings. The lowest BCUT2D eigenvalue weighted by molar-refractivity contribution is 0.101. The Labute approximate surface area is 152 Å². The van der Waals surface area contributed by atoms with Crippen LogP contribution in [0.15, 0.2) is 50.1 Å². The normalized spacial score (nSPS) is 10.7.